The van der Waals surface area contributed by atoms with Gasteiger partial charge in [-0.15, -0.1) is 23.1 Å². The second-order valence-electron chi connectivity index (χ2n) is 6.10. The second kappa shape index (κ2) is 8.60. The van der Waals surface area contributed by atoms with Crippen molar-refractivity contribution >= 4 is 39.9 Å². The quantitative estimate of drug-likeness (QED) is 0.530. The highest BCUT2D eigenvalue weighted by atomic mass is 32.2. The normalized spacial score (nSPS) is 12.7. The SMILES string of the molecule is COc1ccc(SCCCC(=O)Nc2sc3c(c2C(N)=O)CCC3)cc1. The number of thiophene rings is 1. The summed E-state index contributed by atoms with van der Waals surface area (Å²) in [6.45, 7) is 0. The number of hydrogen-bond acceptors (Lipinski definition) is 5. The van der Waals surface area contributed by atoms with E-state index in [0.717, 1.165) is 47.6 Å². The lowest BCUT2D eigenvalue weighted by Gasteiger charge is -2.06. The summed E-state index contributed by atoms with van der Waals surface area (Å²) < 4.78 is 5.14. The molecule has 3 rings (SSSR count). The lowest BCUT2D eigenvalue weighted by atomic mass is 10.1. The predicted molar refractivity (Wildman–Crippen MR) is 106 cm³/mol. The van der Waals surface area contributed by atoms with Crippen molar-refractivity contribution in [3.63, 3.8) is 0 Å². The Bertz CT molecular complexity index is 800. The van der Waals surface area contributed by atoms with E-state index in [1.807, 2.05) is 24.3 Å². The van der Waals surface area contributed by atoms with Crippen LogP contribution in [0.4, 0.5) is 5.00 Å². The molecule has 5 nitrogen and oxygen atoms in total. The van der Waals surface area contributed by atoms with Crippen LogP contribution in [-0.2, 0) is 17.6 Å². The van der Waals surface area contributed by atoms with Crippen molar-refractivity contribution in [3.8, 4) is 5.75 Å². The van der Waals surface area contributed by atoms with Gasteiger partial charge in [0.15, 0.2) is 0 Å². The second-order valence-corrected chi connectivity index (χ2v) is 8.37. The predicted octanol–water partition coefficient (Wildman–Crippen LogP) is 3.86. The average Bonchev–Trinajstić information content (AvgIpc) is 3.19. The molecule has 0 atom stereocenters. The highest BCUT2D eigenvalue weighted by molar-refractivity contribution is 7.99. The number of thioether (sulfide) groups is 1. The van der Waals surface area contributed by atoms with Crippen LogP contribution in [-0.4, -0.2) is 24.7 Å². The number of ether oxygens (including phenoxy) is 1. The summed E-state index contributed by atoms with van der Waals surface area (Å²) >= 11 is 3.20. The fraction of sp³-hybridized carbons (Fsp3) is 0.368. The van der Waals surface area contributed by atoms with E-state index in [-0.39, 0.29) is 5.91 Å². The Morgan fingerprint density at radius 2 is 2.04 bits per heavy atom. The molecule has 138 valence electrons. The van der Waals surface area contributed by atoms with Crippen molar-refractivity contribution < 1.29 is 14.3 Å². The Labute approximate surface area is 161 Å². The van der Waals surface area contributed by atoms with E-state index >= 15 is 0 Å². The number of carbonyl (C=O) groups is 2. The van der Waals surface area contributed by atoms with Crippen LogP contribution < -0.4 is 15.8 Å². The average molecular weight is 391 g/mol. The van der Waals surface area contributed by atoms with Gasteiger partial charge in [-0.05, 0) is 61.3 Å². The van der Waals surface area contributed by atoms with E-state index in [2.05, 4.69) is 5.32 Å². The summed E-state index contributed by atoms with van der Waals surface area (Å²) in [6.07, 6.45) is 4.08. The number of nitrogens with one attached hydrogen (secondary N) is 1. The molecule has 0 bridgehead atoms. The van der Waals surface area contributed by atoms with E-state index in [0.29, 0.717) is 17.0 Å². The Kier molecular flexibility index (Phi) is 6.21. The van der Waals surface area contributed by atoms with Crippen molar-refractivity contribution in [2.75, 3.05) is 18.2 Å². The minimum absolute atomic E-state index is 0.0669. The Hall–Kier alpha value is -1.99. The molecule has 26 heavy (non-hydrogen) atoms. The molecule has 0 radical (unpaired) electrons. The number of aryl methyl sites for hydroxylation is 1. The minimum Gasteiger partial charge on any atom is -0.497 e. The van der Waals surface area contributed by atoms with E-state index in [4.69, 9.17) is 10.5 Å². The van der Waals surface area contributed by atoms with Crippen molar-refractivity contribution in [2.24, 2.45) is 5.73 Å². The number of anilines is 1. The molecule has 0 fully saturated rings. The number of primary amides is 1. The Morgan fingerprint density at radius 3 is 2.73 bits per heavy atom. The highest BCUT2D eigenvalue weighted by Gasteiger charge is 2.25. The molecule has 1 aromatic heterocycles. The summed E-state index contributed by atoms with van der Waals surface area (Å²) in [5.74, 6) is 1.17. The number of methoxy groups -OCH3 is 1. The lowest BCUT2D eigenvalue weighted by molar-refractivity contribution is -0.116. The van der Waals surface area contributed by atoms with E-state index in [1.165, 1.54) is 16.2 Å². The van der Waals surface area contributed by atoms with Gasteiger partial charge in [0.1, 0.15) is 10.8 Å². The maximum Gasteiger partial charge on any atom is 0.251 e. The third-order valence-electron chi connectivity index (χ3n) is 4.30. The van der Waals surface area contributed by atoms with Crippen molar-refractivity contribution in [2.45, 2.75) is 37.0 Å². The van der Waals surface area contributed by atoms with E-state index in [1.54, 1.807) is 18.9 Å². The zero-order valence-electron chi connectivity index (χ0n) is 14.7. The van der Waals surface area contributed by atoms with Gasteiger partial charge in [-0.3, -0.25) is 9.59 Å². The molecule has 1 aliphatic carbocycles. The lowest BCUT2D eigenvalue weighted by Crippen LogP contribution is -2.17. The monoisotopic (exact) mass is 390 g/mol. The number of benzene rings is 1. The molecule has 0 unspecified atom stereocenters. The first-order valence-electron chi connectivity index (χ1n) is 8.59. The Morgan fingerprint density at radius 1 is 1.27 bits per heavy atom. The molecule has 1 aromatic carbocycles. The van der Waals surface area contributed by atoms with Crippen molar-refractivity contribution in [3.05, 3.63) is 40.3 Å². The zero-order chi connectivity index (χ0) is 18.5. The van der Waals surface area contributed by atoms with Crippen molar-refractivity contribution in [1.29, 1.82) is 0 Å². The van der Waals surface area contributed by atoms with Crippen LogP contribution >= 0.6 is 23.1 Å². The number of rotatable bonds is 8. The minimum atomic E-state index is -0.449. The Balaban J connectivity index is 1.48. The summed E-state index contributed by atoms with van der Waals surface area (Å²) in [4.78, 5) is 26.3. The van der Waals surface area contributed by atoms with Crippen LogP contribution in [0.3, 0.4) is 0 Å². The summed E-state index contributed by atoms with van der Waals surface area (Å²) in [7, 11) is 1.65. The van der Waals surface area contributed by atoms with Gasteiger partial charge in [-0.25, -0.2) is 0 Å². The first-order valence-corrected chi connectivity index (χ1v) is 10.4. The summed E-state index contributed by atoms with van der Waals surface area (Å²) in [6, 6.07) is 7.87. The van der Waals surface area contributed by atoms with Crippen LogP contribution in [0, 0.1) is 0 Å². The number of fused-ring (bicyclic) bond motifs is 1. The maximum absolute atomic E-state index is 12.2. The molecule has 7 heteroatoms. The summed E-state index contributed by atoms with van der Waals surface area (Å²) in [5, 5.41) is 3.51. The van der Waals surface area contributed by atoms with E-state index < -0.39 is 5.91 Å². The fourth-order valence-electron chi connectivity index (χ4n) is 3.04. The molecule has 1 aliphatic rings. The zero-order valence-corrected chi connectivity index (χ0v) is 16.3. The van der Waals surface area contributed by atoms with Crippen LogP contribution in [0.5, 0.6) is 5.75 Å². The molecular weight excluding hydrogens is 368 g/mol. The smallest absolute Gasteiger partial charge is 0.251 e. The number of nitrogens with two attached hydrogens (primary N) is 1. The third kappa shape index (κ3) is 4.40. The van der Waals surface area contributed by atoms with Crippen LogP contribution in [0.15, 0.2) is 29.2 Å². The number of hydrogen-bond donors (Lipinski definition) is 2. The molecule has 0 aliphatic heterocycles. The first-order chi connectivity index (χ1) is 12.6. The standard InChI is InChI=1S/C19H22N2O3S2/c1-24-12-7-9-13(10-8-12)25-11-3-6-16(22)21-19-17(18(20)23)14-4-2-5-15(14)26-19/h7-10H,2-6,11H2,1H3,(H2,20,23)(H,21,22). The van der Waals surface area contributed by atoms with Gasteiger partial charge >= 0.3 is 0 Å². The van der Waals surface area contributed by atoms with Crippen LogP contribution in [0.1, 0.15) is 40.1 Å². The molecular formula is C19H22N2O3S2. The molecule has 0 saturated carbocycles. The summed E-state index contributed by atoms with van der Waals surface area (Å²) in [5.41, 5.74) is 7.07. The van der Waals surface area contributed by atoms with E-state index in [9.17, 15) is 9.59 Å². The van der Waals surface area contributed by atoms with Gasteiger partial charge < -0.3 is 15.8 Å². The highest BCUT2D eigenvalue weighted by Crippen LogP contribution is 2.38. The topological polar surface area (TPSA) is 81.4 Å². The number of carbonyl (C=O) groups excluding carboxylic acids is 2. The van der Waals surface area contributed by atoms with Crippen molar-refractivity contribution in [1.82, 2.24) is 0 Å². The van der Waals surface area contributed by atoms with Gasteiger partial charge in [0.2, 0.25) is 5.91 Å². The van der Waals surface area contributed by atoms with Gasteiger partial charge in [0.05, 0.1) is 12.7 Å². The van der Waals surface area contributed by atoms with Gasteiger partial charge in [0.25, 0.3) is 5.91 Å². The third-order valence-corrected chi connectivity index (χ3v) is 6.60. The van der Waals surface area contributed by atoms with Gasteiger partial charge in [-0.2, -0.15) is 0 Å². The van der Waals surface area contributed by atoms with Gasteiger partial charge in [-0.1, -0.05) is 0 Å². The molecule has 2 amide bonds. The first kappa shape index (κ1) is 18.8. The molecule has 0 spiro atoms. The van der Waals surface area contributed by atoms with Crippen LogP contribution in [0.2, 0.25) is 0 Å². The number of amides is 2. The van der Waals surface area contributed by atoms with Gasteiger partial charge in [0, 0.05) is 16.2 Å². The molecule has 1 heterocycles. The largest absolute Gasteiger partial charge is 0.497 e. The molecule has 3 N–H and O–H groups in total. The molecule has 0 saturated heterocycles. The molecule has 2 aromatic rings. The van der Waals surface area contributed by atoms with Crippen LogP contribution in [0.25, 0.3) is 0 Å². The maximum atomic E-state index is 12.2. The fourth-order valence-corrected chi connectivity index (χ4v) is 5.20.